The molecule has 0 radical (unpaired) electrons. The Morgan fingerprint density at radius 3 is 2.57 bits per heavy atom. The Hall–Kier alpha value is -2.80. The lowest BCUT2D eigenvalue weighted by molar-refractivity contribution is -0.384. The summed E-state index contributed by atoms with van der Waals surface area (Å²) in [6.07, 6.45) is 0. The number of benzene rings is 2. The fraction of sp³-hybridized carbons (Fsp3) is 0.125. The van der Waals surface area contributed by atoms with Crippen molar-refractivity contribution in [2.45, 2.75) is 12.8 Å². The second kappa shape index (κ2) is 6.13. The number of nitrogens with one attached hydrogen (secondary N) is 1. The van der Waals surface area contributed by atoms with Gasteiger partial charge in [-0.3, -0.25) is 14.9 Å². The molecule has 1 atom stereocenters. The summed E-state index contributed by atoms with van der Waals surface area (Å²) in [6.45, 7) is 1.75. The number of para-hydroxylation sites is 1. The number of nitrogens with zero attached hydrogens (tertiary/aromatic N) is 2. The summed E-state index contributed by atoms with van der Waals surface area (Å²) >= 11 is 1.41. The molecule has 0 spiro atoms. The molecular weight excluding hydrogens is 314 g/mol. The zero-order chi connectivity index (χ0) is 16.4. The van der Waals surface area contributed by atoms with Gasteiger partial charge in [-0.25, -0.2) is 4.98 Å². The Kier molecular flexibility index (Phi) is 4.03. The van der Waals surface area contributed by atoms with Gasteiger partial charge in [0, 0.05) is 12.1 Å². The van der Waals surface area contributed by atoms with Crippen molar-refractivity contribution in [1.29, 1.82) is 0 Å². The fourth-order valence-electron chi connectivity index (χ4n) is 2.18. The lowest BCUT2D eigenvalue weighted by Crippen LogP contribution is -2.18. The van der Waals surface area contributed by atoms with Crippen LogP contribution in [0.2, 0.25) is 0 Å². The first-order chi connectivity index (χ1) is 11.0. The molecule has 0 saturated heterocycles. The molecule has 1 N–H and O–H groups in total. The van der Waals surface area contributed by atoms with E-state index in [1.807, 2.05) is 24.3 Å². The Morgan fingerprint density at radius 2 is 1.91 bits per heavy atom. The van der Waals surface area contributed by atoms with E-state index in [0.717, 1.165) is 10.2 Å². The lowest BCUT2D eigenvalue weighted by Gasteiger charge is -2.10. The Morgan fingerprint density at radius 1 is 1.22 bits per heavy atom. The Labute approximate surface area is 135 Å². The molecule has 116 valence electrons. The van der Waals surface area contributed by atoms with Crippen LogP contribution in [0.5, 0.6) is 0 Å². The third-order valence-electron chi connectivity index (χ3n) is 3.52. The summed E-state index contributed by atoms with van der Waals surface area (Å²) in [7, 11) is 0. The van der Waals surface area contributed by atoms with Gasteiger partial charge in [0.05, 0.1) is 21.1 Å². The predicted octanol–water partition coefficient (Wildman–Crippen LogP) is 3.95. The second-order valence-corrected chi connectivity index (χ2v) is 6.08. The lowest BCUT2D eigenvalue weighted by atomic mass is 10.0. The number of rotatable bonds is 4. The first kappa shape index (κ1) is 15.1. The van der Waals surface area contributed by atoms with Crippen molar-refractivity contribution in [2.75, 3.05) is 5.32 Å². The van der Waals surface area contributed by atoms with E-state index in [-0.39, 0.29) is 11.6 Å². The molecule has 0 aliphatic carbocycles. The molecule has 1 heterocycles. The molecule has 0 fully saturated rings. The van der Waals surface area contributed by atoms with Crippen LogP contribution in [-0.4, -0.2) is 15.8 Å². The van der Waals surface area contributed by atoms with Crippen molar-refractivity contribution in [3.8, 4) is 0 Å². The van der Waals surface area contributed by atoms with E-state index in [9.17, 15) is 14.9 Å². The molecule has 0 bridgehead atoms. The highest BCUT2D eigenvalue weighted by molar-refractivity contribution is 7.22. The molecule has 1 aromatic heterocycles. The van der Waals surface area contributed by atoms with Gasteiger partial charge in [0.1, 0.15) is 0 Å². The van der Waals surface area contributed by atoms with Crippen molar-refractivity contribution in [3.63, 3.8) is 0 Å². The molecule has 23 heavy (non-hydrogen) atoms. The summed E-state index contributed by atoms with van der Waals surface area (Å²) in [5, 5.41) is 14.0. The Balaban J connectivity index is 1.75. The van der Waals surface area contributed by atoms with Gasteiger partial charge in [-0.05, 0) is 24.6 Å². The van der Waals surface area contributed by atoms with E-state index in [0.29, 0.717) is 10.7 Å². The predicted molar refractivity (Wildman–Crippen MR) is 89.8 cm³/mol. The topological polar surface area (TPSA) is 85.1 Å². The number of nitro benzene ring substituents is 1. The summed E-state index contributed by atoms with van der Waals surface area (Å²) in [6, 6.07) is 13.7. The normalized spacial score (nSPS) is 12.0. The minimum Gasteiger partial charge on any atom is -0.301 e. The highest BCUT2D eigenvalue weighted by Gasteiger charge is 2.18. The molecular formula is C16H13N3O3S. The average Bonchev–Trinajstić information content (AvgIpc) is 2.96. The summed E-state index contributed by atoms with van der Waals surface area (Å²) < 4.78 is 1.01. The van der Waals surface area contributed by atoms with E-state index in [2.05, 4.69) is 10.3 Å². The van der Waals surface area contributed by atoms with E-state index in [1.54, 1.807) is 19.1 Å². The molecule has 0 aliphatic rings. The number of hydrogen-bond acceptors (Lipinski definition) is 5. The first-order valence-corrected chi connectivity index (χ1v) is 7.77. The number of carbonyl (C=O) groups excluding carboxylic acids is 1. The number of aromatic nitrogens is 1. The molecule has 2 aromatic carbocycles. The van der Waals surface area contributed by atoms with Crippen molar-refractivity contribution in [3.05, 3.63) is 64.2 Å². The quantitative estimate of drug-likeness (QED) is 0.581. The molecule has 0 unspecified atom stereocenters. The highest BCUT2D eigenvalue weighted by atomic mass is 32.1. The standard InChI is InChI=1S/C16H13N3O3S/c1-10(11-6-8-12(9-7-11)19(21)22)15(20)18-16-17-13-4-2-3-5-14(13)23-16/h2-10H,1H3,(H,17,18,20)/t10-/m1/s1. The number of anilines is 1. The van der Waals surface area contributed by atoms with Crippen LogP contribution in [0.3, 0.4) is 0 Å². The van der Waals surface area contributed by atoms with Crippen LogP contribution >= 0.6 is 11.3 Å². The van der Waals surface area contributed by atoms with Gasteiger partial charge in [-0.2, -0.15) is 0 Å². The third-order valence-corrected chi connectivity index (χ3v) is 4.47. The van der Waals surface area contributed by atoms with Crippen molar-refractivity contribution < 1.29 is 9.72 Å². The Bertz CT molecular complexity index is 841. The van der Waals surface area contributed by atoms with Crippen LogP contribution in [0.15, 0.2) is 48.5 Å². The van der Waals surface area contributed by atoms with Crippen LogP contribution in [-0.2, 0) is 4.79 Å². The molecule has 3 rings (SSSR count). The van der Waals surface area contributed by atoms with Crippen molar-refractivity contribution in [1.82, 2.24) is 4.98 Å². The van der Waals surface area contributed by atoms with Crippen molar-refractivity contribution >= 4 is 38.3 Å². The van der Waals surface area contributed by atoms with Gasteiger partial charge in [0.2, 0.25) is 5.91 Å². The first-order valence-electron chi connectivity index (χ1n) is 6.95. The van der Waals surface area contributed by atoms with E-state index < -0.39 is 10.8 Å². The van der Waals surface area contributed by atoms with Gasteiger partial charge in [-0.15, -0.1) is 0 Å². The highest BCUT2D eigenvalue weighted by Crippen LogP contribution is 2.27. The van der Waals surface area contributed by atoms with E-state index in [4.69, 9.17) is 0 Å². The number of carbonyl (C=O) groups is 1. The number of fused-ring (bicyclic) bond motifs is 1. The van der Waals surface area contributed by atoms with Crippen LogP contribution < -0.4 is 5.32 Å². The number of nitro groups is 1. The zero-order valence-corrected chi connectivity index (χ0v) is 13.0. The van der Waals surface area contributed by atoms with Gasteiger partial charge in [-0.1, -0.05) is 35.6 Å². The largest absolute Gasteiger partial charge is 0.301 e. The summed E-state index contributed by atoms with van der Waals surface area (Å²) in [5.41, 5.74) is 1.57. The van der Waals surface area contributed by atoms with Gasteiger partial charge in [0.25, 0.3) is 5.69 Å². The van der Waals surface area contributed by atoms with Gasteiger partial charge >= 0.3 is 0 Å². The number of thiazole rings is 1. The SMILES string of the molecule is C[C@@H](C(=O)Nc1nc2ccccc2s1)c1ccc([N+](=O)[O-])cc1. The van der Waals surface area contributed by atoms with Crippen molar-refractivity contribution in [2.24, 2.45) is 0 Å². The summed E-state index contributed by atoms with van der Waals surface area (Å²) in [4.78, 5) is 26.9. The van der Waals surface area contributed by atoms with Crippen LogP contribution in [0, 0.1) is 10.1 Å². The van der Waals surface area contributed by atoms with Crippen LogP contribution in [0.25, 0.3) is 10.2 Å². The third kappa shape index (κ3) is 3.19. The maximum absolute atomic E-state index is 12.3. The number of amides is 1. The van der Waals surface area contributed by atoms with Gasteiger partial charge < -0.3 is 5.32 Å². The van der Waals surface area contributed by atoms with E-state index in [1.165, 1.54) is 23.5 Å². The second-order valence-electron chi connectivity index (χ2n) is 5.05. The smallest absolute Gasteiger partial charge is 0.269 e. The van der Waals surface area contributed by atoms with Gasteiger partial charge in [0.15, 0.2) is 5.13 Å². The average molecular weight is 327 g/mol. The minimum atomic E-state index is -0.463. The zero-order valence-electron chi connectivity index (χ0n) is 12.2. The fourth-order valence-corrected chi connectivity index (χ4v) is 3.04. The molecule has 0 saturated carbocycles. The van der Waals surface area contributed by atoms with Crippen LogP contribution in [0.1, 0.15) is 18.4 Å². The molecule has 1 amide bonds. The minimum absolute atomic E-state index is 0.00697. The molecule has 0 aliphatic heterocycles. The number of hydrogen-bond donors (Lipinski definition) is 1. The maximum Gasteiger partial charge on any atom is 0.269 e. The molecule has 3 aromatic rings. The van der Waals surface area contributed by atoms with E-state index >= 15 is 0 Å². The summed E-state index contributed by atoms with van der Waals surface area (Å²) in [5.74, 6) is -0.624. The molecule has 7 heteroatoms. The van der Waals surface area contributed by atoms with Crippen LogP contribution in [0.4, 0.5) is 10.8 Å². The number of non-ortho nitro benzene ring substituents is 1. The molecule has 6 nitrogen and oxygen atoms in total. The maximum atomic E-state index is 12.3. The monoisotopic (exact) mass is 327 g/mol.